The molecule has 5 nitrogen and oxygen atoms in total. The minimum Gasteiger partial charge on any atom is -0.494 e. The van der Waals surface area contributed by atoms with Crippen molar-refractivity contribution in [3.8, 4) is 11.4 Å². The molecule has 122 valence electrons. The molecule has 23 heavy (non-hydrogen) atoms. The molecule has 0 amide bonds. The van der Waals surface area contributed by atoms with Crippen molar-refractivity contribution in [3.63, 3.8) is 0 Å². The van der Waals surface area contributed by atoms with Crippen LogP contribution < -0.4 is 15.9 Å². The molecule has 5 heteroatoms. The molecule has 1 saturated carbocycles. The van der Waals surface area contributed by atoms with Gasteiger partial charge in [0, 0.05) is 24.6 Å². The standard InChI is InChI=1S/C18H22N2O3/c1-2-23-16-9-7-15(8-10-16)20-12-11-19(17(21)18(20)22)13-14-5-3-4-6-14/h7-12,14H,2-6,13H2,1H3. The molecule has 0 radical (unpaired) electrons. The van der Waals surface area contributed by atoms with Gasteiger partial charge in [0.05, 0.1) is 6.61 Å². The first kappa shape index (κ1) is 15.6. The van der Waals surface area contributed by atoms with Crippen LogP contribution in [0.15, 0.2) is 46.2 Å². The van der Waals surface area contributed by atoms with Crippen molar-refractivity contribution in [1.29, 1.82) is 0 Å². The quantitative estimate of drug-likeness (QED) is 0.797. The minimum atomic E-state index is -0.505. The van der Waals surface area contributed by atoms with Crippen LogP contribution in [0.4, 0.5) is 0 Å². The Morgan fingerprint density at radius 2 is 1.74 bits per heavy atom. The zero-order chi connectivity index (χ0) is 16.2. The second-order valence-corrected chi connectivity index (χ2v) is 6.01. The second kappa shape index (κ2) is 6.86. The third kappa shape index (κ3) is 3.38. The number of aromatic nitrogens is 2. The van der Waals surface area contributed by atoms with Gasteiger partial charge in [0.1, 0.15) is 5.75 Å². The van der Waals surface area contributed by atoms with E-state index >= 15 is 0 Å². The van der Waals surface area contributed by atoms with E-state index < -0.39 is 11.1 Å². The fourth-order valence-electron chi connectivity index (χ4n) is 3.20. The molecule has 0 unspecified atom stereocenters. The van der Waals surface area contributed by atoms with Crippen LogP contribution >= 0.6 is 0 Å². The lowest BCUT2D eigenvalue weighted by molar-refractivity contribution is 0.340. The Morgan fingerprint density at radius 1 is 1.04 bits per heavy atom. The lowest BCUT2D eigenvalue weighted by atomic mass is 10.1. The predicted molar refractivity (Wildman–Crippen MR) is 89.4 cm³/mol. The predicted octanol–water partition coefficient (Wildman–Crippen LogP) is 2.59. The van der Waals surface area contributed by atoms with Gasteiger partial charge < -0.3 is 9.30 Å². The van der Waals surface area contributed by atoms with Crippen LogP contribution in [0.1, 0.15) is 32.6 Å². The Labute approximate surface area is 135 Å². The Bertz CT molecular complexity index is 768. The van der Waals surface area contributed by atoms with Crippen molar-refractivity contribution in [2.75, 3.05) is 6.61 Å². The molecule has 0 aliphatic heterocycles. The fraction of sp³-hybridized carbons (Fsp3) is 0.444. The molecule has 1 heterocycles. The van der Waals surface area contributed by atoms with Crippen LogP contribution in [0.3, 0.4) is 0 Å². The summed E-state index contributed by atoms with van der Waals surface area (Å²) >= 11 is 0. The van der Waals surface area contributed by atoms with Gasteiger partial charge in [-0.05, 0) is 49.9 Å². The SMILES string of the molecule is CCOc1ccc(-n2ccn(CC3CCCC3)c(=O)c2=O)cc1. The first-order chi connectivity index (χ1) is 11.2. The topological polar surface area (TPSA) is 53.2 Å². The van der Waals surface area contributed by atoms with Gasteiger partial charge in [-0.3, -0.25) is 14.2 Å². The monoisotopic (exact) mass is 314 g/mol. The number of rotatable bonds is 5. The minimum absolute atomic E-state index is 0.451. The largest absolute Gasteiger partial charge is 0.494 e. The van der Waals surface area contributed by atoms with Gasteiger partial charge in [0.2, 0.25) is 0 Å². The van der Waals surface area contributed by atoms with Gasteiger partial charge in [-0.1, -0.05) is 12.8 Å². The number of nitrogens with zero attached hydrogens (tertiary/aromatic N) is 2. The van der Waals surface area contributed by atoms with E-state index in [1.165, 1.54) is 17.4 Å². The van der Waals surface area contributed by atoms with Gasteiger partial charge in [-0.15, -0.1) is 0 Å². The van der Waals surface area contributed by atoms with Crippen LogP contribution in [0.5, 0.6) is 5.75 Å². The highest BCUT2D eigenvalue weighted by Crippen LogP contribution is 2.25. The van der Waals surface area contributed by atoms with Crippen LogP contribution in [-0.4, -0.2) is 15.7 Å². The van der Waals surface area contributed by atoms with E-state index in [9.17, 15) is 9.59 Å². The summed E-state index contributed by atoms with van der Waals surface area (Å²) in [7, 11) is 0. The summed E-state index contributed by atoms with van der Waals surface area (Å²) in [5, 5.41) is 0. The Hall–Kier alpha value is -2.30. The second-order valence-electron chi connectivity index (χ2n) is 6.01. The Balaban J connectivity index is 1.87. The van der Waals surface area contributed by atoms with Crippen molar-refractivity contribution >= 4 is 0 Å². The molecule has 1 aromatic carbocycles. The van der Waals surface area contributed by atoms with E-state index in [-0.39, 0.29) is 0 Å². The summed E-state index contributed by atoms with van der Waals surface area (Å²) in [6.45, 7) is 3.16. The first-order valence-corrected chi connectivity index (χ1v) is 8.24. The summed E-state index contributed by atoms with van der Waals surface area (Å²) in [4.78, 5) is 24.7. The zero-order valence-electron chi connectivity index (χ0n) is 13.4. The number of benzene rings is 1. The fourth-order valence-corrected chi connectivity index (χ4v) is 3.20. The number of hydrogen-bond acceptors (Lipinski definition) is 3. The van der Waals surface area contributed by atoms with Crippen molar-refractivity contribution in [3.05, 3.63) is 57.4 Å². The van der Waals surface area contributed by atoms with Gasteiger partial charge in [-0.25, -0.2) is 0 Å². The molecular weight excluding hydrogens is 292 g/mol. The van der Waals surface area contributed by atoms with Crippen molar-refractivity contribution in [1.82, 2.24) is 9.13 Å². The van der Waals surface area contributed by atoms with E-state index in [1.807, 2.05) is 6.92 Å². The zero-order valence-corrected chi connectivity index (χ0v) is 13.4. The van der Waals surface area contributed by atoms with E-state index in [2.05, 4.69) is 0 Å². The highest BCUT2D eigenvalue weighted by Gasteiger charge is 2.17. The molecule has 0 atom stereocenters. The maximum absolute atomic E-state index is 12.4. The van der Waals surface area contributed by atoms with Gasteiger partial charge in [0.15, 0.2) is 0 Å². The molecule has 2 aromatic rings. The van der Waals surface area contributed by atoms with Crippen LogP contribution in [0.25, 0.3) is 5.69 Å². The van der Waals surface area contributed by atoms with Gasteiger partial charge >= 0.3 is 11.1 Å². The molecule has 1 fully saturated rings. The summed E-state index contributed by atoms with van der Waals surface area (Å²) < 4.78 is 8.34. The van der Waals surface area contributed by atoms with Gasteiger partial charge in [-0.2, -0.15) is 0 Å². The number of hydrogen-bond donors (Lipinski definition) is 0. The summed E-state index contributed by atoms with van der Waals surface area (Å²) in [5.74, 6) is 1.27. The first-order valence-electron chi connectivity index (χ1n) is 8.24. The van der Waals surface area contributed by atoms with E-state index in [0.29, 0.717) is 24.8 Å². The summed E-state index contributed by atoms with van der Waals surface area (Å²) in [6, 6.07) is 7.17. The third-order valence-electron chi connectivity index (χ3n) is 4.41. The van der Waals surface area contributed by atoms with E-state index in [0.717, 1.165) is 18.6 Å². The highest BCUT2D eigenvalue weighted by atomic mass is 16.5. The Kier molecular flexibility index (Phi) is 4.65. The van der Waals surface area contributed by atoms with E-state index in [4.69, 9.17) is 4.74 Å². The molecule has 0 saturated heterocycles. The molecule has 0 spiro atoms. The van der Waals surface area contributed by atoms with E-state index in [1.54, 1.807) is 41.2 Å². The number of ether oxygens (including phenoxy) is 1. The van der Waals surface area contributed by atoms with Crippen LogP contribution in [0, 0.1) is 5.92 Å². The van der Waals surface area contributed by atoms with Crippen molar-refractivity contribution < 1.29 is 4.74 Å². The van der Waals surface area contributed by atoms with Crippen molar-refractivity contribution in [2.45, 2.75) is 39.2 Å². The molecule has 1 aliphatic carbocycles. The smallest absolute Gasteiger partial charge is 0.320 e. The third-order valence-corrected chi connectivity index (χ3v) is 4.41. The van der Waals surface area contributed by atoms with Crippen LogP contribution in [-0.2, 0) is 6.54 Å². The normalized spacial score (nSPS) is 15.0. The summed E-state index contributed by atoms with van der Waals surface area (Å²) in [6.07, 6.45) is 8.14. The molecule has 3 rings (SSSR count). The molecule has 1 aromatic heterocycles. The Morgan fingerprint density at radius 3 is 2.39 bits per heavy atom. The average Bonchev–Trinajstić information content (AvgIpc) is 3.07. The van der Waals surface area contributed by atoms with Crippen LogP contribution in [0.2, 0.25) is 0 Å². The molecular formula is C18H22N2O3. The lowest BCUT2D eigenvalue weighted by Gasteiger charge is -2.13. The maximum atomic E-state index is 12.4. The molecule has 0 bridgehead atoms. The average molecular weight is 314 g/mol. The van der Waals surface area contributed by atoms with Crippen molar-refractivity contribution in [2.24, 2.45) is 5.92 Å². The molecule has 1 aliphatic rings. The molecule has 0 N–H and O–H groups in total. The highest BCUT2D eigenvalue weighted by molar-refractivity contribution is 5.37. The van der Waals surface area contributed by atoms with Gasteiger partial charge in [0.25, 0.3) is 0 Å². The lowest BCUT2D eigenvalue weighted by Crippen LogP contribution is -2.40. The maximum Gasteiger partial charge on any atom is 0.320 e. The summed E-state index contributed by atoms with van der Waals surface area (Å²) in [5.41, 5.74) is -0.286.